The van der Waals surface area contributed by atoms with Crippen LogP contribution in [-0.4, -0.2) is 29.9 Å². The summed E-state index contributed by atoms with van der Waals surface area (Å²) in [5.41, 5.74) is 2.36. The summed E-state index contributed by atoms with van der Waals surface area (Å²) in [6.07, 6.45) is 0. The van der Waals surface area contributed by atoms with E-state index in [0.29, 0.717) is 23.5 Å². The summed E-state index contributed by atoms with van der Waals surface area (Å²) in [6.45, 7) is 2.57. The zero-order valence-corrected chi connectivity index (χ0v) is 15.2. The van der Waals surface area contributed by atoms with E-state index >= 15 is 0 Å². The van der Waals surface area contributed by atoms with Crippen molar-refractivity contribution in [2.24, 2.45) is 0 Å². The van der Waals surface area contributed by atoms with Crippen LogP contribution in [0.1, 0.15) is 25.7 Å². The maximum atomic E-state index is 12.3. The van der Waals surface area contributed by atoms with Gasteiger partial charge in [0.05, 0.1) is 5.69 Å². The fraction of sp³-hybridized carbons (Fsp3) is 0.167. The monoisotopic (exact) mass is 371 g/mol. The third-order valence-corrected chi connectivity index (χ3v) is 5.39. The van der Waals surface area contributed by atoms with Crippen LogP contribution in [0.5, 0.6) is 0 Å². The van der Waals surface area contributed by atoms with Gasteiger partial charge in [-0.2, -0.15) is 11.3 Å². The first kappa shape index (κ1) is 17.3. The summed E-state index contributed by atoms with van der Waals surface area (Å²) >= 11 is 2.98. The average Bonchev–Trinajstić information content (AvgIpc) is 3.28. The Bertz CT molecular complexity index is 858. The number of nitrogens with zero attached hydrogens (tertiary/aromatic N) is 1. The molecule has 5 nitrogen and oxygen atoms in total. The Kier molecular flexibility index (Phi) is 5.57. The molecule has 2 aromatic heterocycles. The lowest BCUT2D eigenvalue weighted by Gasteiger charge is -2.06. The van der Waals surface area contributed by atoms with Gasteiger partial charge in [-0.15, -0.1) is 11.3 Å². The molecule has 128 valence electrons. The molecule has 3 rings (SSSR count). The molecule has 0 saturated carbocycles. The van der Waals surface area contributed by atoms with Crippen LogP contribution in [-0.2, 0) is 0 Å². The quantitative estimate of drug-likeness (QED) is 0.653. The number of benzene rings is 1. The fourth-order valence-corrected chi connectivity index (χ4v) is 3.93. The second-order valence-electron chi connectivity index (χ2n) is 5.32. The molecule has 0 spiro atoms. The number of thiazole rings is 1. The molecule has 0 aliphatic heterocycles. The van der Waals surface area contributed by atoms with E-state index in [1.165, 1.54) is 11.3 Å². The Morgan fingerprint density at radius 3 is 2.44 bits per heavy atom. The highest BCUT2D eigenvalue weighted by Crippen LogP contribution is 2.29. The topological polar surface area (TPSA) is 71.1 Å². The molecular weight excluding hydrogens is 354 g/mol. The Hall–Kier alpha value is -2.51. The van der Waals surface area contributed by atoms with Crippen molar-refractivity contribution < 1.29 is 9.59 Å². The van der Waals surface area contributed by atoms with Crippen LogP contribution in [0, 0.1) is 6.92 Å². The average molecular weight is 371 g/mol. The molecule has 2 N–H and O–H groups in total. The number of hydrogen-bond acceptors (Lipinski definition) is 5. The van der Waals surface area contributed by atoms with E-state index in [-0.39, 0.29) is 11.8 Å². The summed E-state index contributed by atoms with van der Waals surface area (Å²) in [6, 6.07) is 11.0. The van der Waals surface area contributed by atoms with Gasteiger partial charge in [0.2, 0.25) is 0 Å². The van der Waals surface area contributed by atoms with Gasteiger partial charge in [0, 0.05) is 29.6 Å². The number of aryl methyl sites for hydroxylation is 1. The van der Waals surface area contributed by atoms with Gasteiger partial charge < -0.3 is 10.6 Å². The molecule has 0 aliphatic carbocycles. The van der Waals surface area contributed by atoms with E-state index < -0.39 is 0 Å². The van der Waals surface area contributed by atoms with Crippen molar-refractivity contribution >= 4 is 34.5 Å². The Morgan fingerprint density at radius 2 is 1.76 bits per heavy atom. The molecule has 2 amide bonds. The maximum Gasteiger partial charge on any atom is 0.263 e. The number of thiophene rings is 1. The number of amides is 2. The van der Waals surface area contributed by atoms with Gasteiger partial charge in [-0.3, -0.25) is 9.59 Å². The maximum absolute atomic E-state index is 12.3. The standard InChI is InChI=1S/C18H17N3O2S2/c1-12-15(25-18(21-12)14-7-10-24-11-14)17(23)20-9-8-19-16(22)13-5-3-2-4-6-13/h2-7,10-11H,8-9H2,1H3,(H,19,22)(H,20,23). The minimum atomic E-state index is -0.162. The number of nitrogens with one attached hydrogen (secondary N) is 2. The van der Waals surface area contributed by atoms with Crippen molar-refractivity contribution in [3.05, 3.63) is 63.3 Å². The van der Waals surface area contributed by atoms with Crippen molar-refractivity contribution in [2.45, 2.75) is 6.92 Å². The number of carbonyl (C=O) groups excluding carboxylic acids is 2. The van der Waals surface area contributed by atoms with Gasteiger partial charge in [0.25, 0.3) is 11.8 Å². The Balaban J connectivity index is 1.51. The Labute approximate surface area is 153 Å². The molecule has 1 aromatic carbocycles. The second kappa shape index (κ2) is 8.04. The van der Waals surface area contributed by atoms with Gasteiger partial charge in [-0.05, 0) is 30.5 Å². The third-order valence-electron chi connectivity index (χ3n) is 3.50. The van der Waals surface area contributed by atoms with Gasteiger partial charge in [0.15, 0.2) is 0 Å². The minimum Gasteiger partial charge on any atom is -0.350 e. The van der Waals surface area contributed by atoms with E-state index in [1.807, 2.05) is 41.9 Å². The van der Waals surface area contributed by atoms with E-state index in [1.54, 1.807) is 23.5 Å². The largest absolute Gasteiger partial charge is 0.350 e. The lowest BCUT2D eigenvalue weighted by Crippen LogP contribution is -2.34. The highest BCUT2D eigenvalue weighted by molar-refractivity contribution is 7.17. The normalized spacial score (nSPS) is 10.4. The summed E-state index contributed by atoms with van der Waals surface area (Å²) in [5.74, 6) is -0.311. The summed E-state index contributed by atoms with van der Waals surface area (Å²) in [7, 11) is 0. The summed E-state index contributed by atoms with van der Waals surface area (Å²) in [4.78, 5) is 29.3. The minimum absolute atomic E-state index is 0.149. The number of aromatic nitrogens is 1. The predicted molar refractivity (Wildman–Crippen MR) is 101 cm³/mol. The molecule has 0 radical (unpaired) electrons. The smallest absolute Gasteiger partial charge is 0.263 e. The van der Waals surface area contributed by atoms with Crippen LogP contribution >= 0.6 is 22.7 Å². The fourth-order valence-electron chi connectivity index (χ4n) is 2.24. The van der Waals surface area contributed by atoms with E-state index in [0.717, 1.165) is 16.3 Å². The molecule has 3 aromatic rings. The number of rotatable bonds is 6. The molecule has 0 atom stereocenters. The van der Waals surface area contributed by atoms with Crippen LogP contribution in [0.25, 0.3) is 10.6 Å². The molecule has 0 bridgehead atoms. The molecule has 7 heteroatoms. The van der Waals surface area contributed by atoms with Gasteiger partial charge in [0.1, 0.15) is 9.88 Å². The van der Waals surface area contributed by atoms with E-state index in [2.05, 4.69) is 15.6 Å². The van der Waals surface area contributed by atoms with Crippen molar-refractivity contribution in [1.29, 1.82) is 0 Å². The van der Waals surface area contributed by atoms with Crippen molar-refractivity contribution in [2.75, 3.05) is 13.1 Å². The third kappa shape index (κ3) is 4.32. The molecule has 0 saturated heterocycles. The van der Waals surface area contributed by atoms with E-state index in [9.17, 15) is 9.59 Å². The molecular formula is C18H17N3O2S2. The van der Waals surface area contributed by atoms with Crippen LogP contribution in [0.2, 0.25) is 0 Å². The highest BCUT2D eigenvalue weighted by Gasteiger charge is 2.16. The zero-order chi connectivity index (χ0) is 17.6. The molecule has 2 heterocycles. The summed E-state index contributed by atoms with van der Waals surface area (Å²) < 4.78 is 0. The SMILES string of the molecule is Cc1nc(-c2ccsc2)sc1C(=O)NCCNC(=O)c1ccccc1. The molecule has 0 fully saturated rings. The summed E-state index contributed by atoms with van der Waals surface area (Å²) in [5, 5.41) is 10.5. The van der Waals surface area contributed by atoms with Crippen LogP contribution in [0.15, 0.2) is 47.2 Å². The van der Waals surface area contributed by atoms with Crippen molar-refractivity contribution in [3.63, 3.8) is 0 Å². The van der Waals surface area contributed by atoms with Gasteiger partial charge >= 0.3 is 0 Å². The van der Waals surface area contributed by atoms with Crippen LogP contribution in [0.3, 0.4) is 0 Å². The van der Waals surface area contributed by atoms with Crippen molar-refractivity contribution in [1.82, 2.24) is 15.6 Å². The first-order chi connectivity index (χ1) is 12.1. The second-order valence-corrected chi connectivity index (χ2v) is 7.10. The molecule has 25 heavy (non-hydrogen) atoms. The predicted octanol–water partition coefficient (Wildman–Crippen LogP) is 3.34. The van der Waals surface area contributed by atoms with Gasteiger partial charge in [-0.1, -0.05) is 18.2 Å². The van der Waals surface area contributed by atoms with Gasteiger partial charge in [-0.25, -0.2) is 4.98 Å². The number of hydrogen-bond donors (Lipinski definition) is 2. The van der Waals surface area contributed by atoms with Crippen LogP contribution < -0.4 is 10.6 Å². The lowest BCUT2D eigenvalue weighted by atomic mass is 10.2. The Morgan fingerprint density at radius 1 is 1.04 bits per heavy atom. The molecule has 0 aliphatic rings. The first-order valence-corrected chi connectivity index (χ1v) is 9.52. The van der Waals surface area contributed by atoms with Crippen molar-refractivity contribution in [3.8, 4) is 10.6 Å². The lowest BCUT2D eigenvalue weighted by molar-refractivity contribution is 0.0929. The van der Waals surface area contributed by atoms with E-state index in [4.69, 9.17) is 0 Å². The first-order valence-electron chi connectivity index (χ1n) is 7.76. The molecule has 0 unspecified atom stereocenters. The highest BCUT2D eigenvalue weighted by atomic mass is 32.1. The van der Waals surface area contributed by atoms with Crippen LogP contribution in [0.4, 0.5) is 0 Å². The zero-order valence-electron chi connectivity index (χ0n) is 13.6. The number of carbonyl (C=O) groups is 2.